The van der Waals surface area contributed by atoms with Crippen molar-refractivity contribution in [2.75, 3.05) is 24.8 Å². The van der Waals surface area contributed by atoms with Crippen LogP contribution in [0.4, 0.5) is 10.1 Å². The highest BCUT2D eigenvalue weighted by molar-refractivity contribution is 7.92. The Balaban J connectivity index is 2.41. The molecule has 0 aliphatic rings. The molecule has 23 heavy (non-hydrogen) atoms. The molecular formula is C16H18FNO4S. The van der Waals surface area contributed by atoms with E-state index < -0.39 is 15.8 Å². The minimum atomic E-state index is -3.54. The smallest absolute Gasteiger partial charge is 0.232 e. The molecule has 0 bridgehead atoms. The summed E-state index contributed by atoms with van der Waals surface area (Å²) in [4.78, 5) is 0. The van der Waals surface area contributed by atoms with E-state index in [-0.39, 0.29) is 6.54 Å². The van der Waals surface area contributed by atoms with Crippen molar-refractivity contribution in [3.8, 4) is 11.5 Å². The fourth-order valence-corrected chi connectivity index (χ4v) is 3.02. The van der Waals surface area contributed by atoms with Crippen molar-refractivity contribution >= 4 is 15.7 Å². The third kappa shape index (κ3) is 4.35. The van der Waals surface area contributed by atoms with Gasteiger partial charge in [0.25, 0.3) is 0 Å². The number of methoxy groups -OCH3 is 2. The Hall–Kier alpha value is -2.28. The summed E-state index contributed by atoms with van der Waals surface area (Å²) < 4.78 is 48.8. The molecule has 2 aromatic rings. The van der Waals surface area contributed by atoms with Gasteiger partial charge in [-0.25, -0.2) is 12.8 Å². The second kappa shape index (κ2) is 6.87. The van der Waals surface area contributed by atoms with Crippen molar-refractivity contribution in [1.82, 2.24) is 0 Å². The maximum absolute atomic E-state index is 13.1. The summed E-state index contributed by atoms with van der Waals surface area (Å²) in [5.41, 5.74) is 1.08. The molecule has 0 heterocycles. The quantitative estimate of drug-likeness (QED) is 0.812. The van der Waals surface area contributed by atoms with Crippen LogP contribution in [0.2, 0.25) is 0 Å². The first-order valence-electron chi connectivity index (χ1n) is 6.78. The lowest BCUT2D eigenvalue weighted by atomic mass is 10.2. The summed E-state index contributed by atoms with van der Waals surface area (Å²) in [6.45, 7) is 0.0814. The van der Waals surface area contributed by atoms with Crippen molar-refractivity contribution < 1.29 is 22.3 Å². The topological polar surface area (TPSA) is 55.8 Å². The highest BCUT2D eigenvalue weighted by Crippen LogP contribution is 2.26. The number of halogens is 1. The van der Waals surface area contributed by atoms with Crippen LogP contribution >= 0.6 is 0 Å². The van der Waals surface area contributed by atoms with Gasteiger partial charge < -0.3 is 9.47 Å². The van der Waals surface area contributed by atoms with Gasteiger partial charge in [-0.3, -0.25) is 4.31 Å². The van der Waals surface area contributed by atoms with Crippen LogP contribution in [0.1, 0.15) is 5.56 Å². The molecule has 124 valence electrons. The Morgan fingerprint density at radius 2 is 1.52 bits per heavy atom. The molecule has 0 aromatic heterocycles. The molecule has 2 aromatic carbocycles. The van der Waals surface area contributed by atoms with Gasteiger partial charge in [-0.2, -0.15) is 0 Å². The van der Waals surface area contributed by atoms with Gasteiger partial charge in [-0.15, -0.1) is 0 Å². The number of nitrogens with zero attached hydrogens (tertiary/aromatic N) is 1. The van der Waals surface area contributed by atoms with Gasteiger partial charge in [-0.05, 0) is 42.0 Å². The first kappa shape index (κ1) is 17.1. The van der Waals surface area contributed by atoms with Crippen LogP contribution in [0.15, 0.2) is 42.5 Å². The Labute approximate surface area is 135 Å². The van der Waals surface area contributed by atoms with Gasteiger partial charge in [0.15, 0.2) is 0 Å². The van der Waals surface area contributed by atoms with Gasteiger partial charge >= 0.3 is 0 Å². The molecule has 0 unspecified atom stereocenters. The molecule has 0 fully saturated rings. The number of anilines is 1. The minimum Gasteiger partial charge on any atom is -0.497 e. The van der Waals surface area contributed by atoms with Crippen LogP contribution in [-0.2, 0) is 16.6 Å². The Kier molecular flexibility index (Phi) is 5.10. The number of hydrogen-bond donors (Lipinski definition) is 0. The Bertz CT molecular complexity index is 753. The van der Waals surface area contributed by atoms with Crippen molar-refractivity contribution in [2.45, 2.75) is 6.54 Å². The molecule has 0 radical (unpaired) electrons. The summed E-state index contributed by atoms with van der Waals surface area (Å²) in [5.74, 6) is 0.698. The van der Waals surface area contributed by atoms with Crippen molar-refractivity contribution in [2.24, 2.45) is 0 Å². The minimum absolute atomic E-state index is 0.0814. The summed E-state index contributed by atoms with van der Waals surface area (Å²) in [7, 11) is -0.498. The van der Waals surface area contributed by atoms with Gasteiger partial charge in [0.05, 0.1) is 32.7 Å². The van der Waals surface area contributed by atoms with E-state index >= 15 is 0 Å². The lowest BCUT2D eigenvalue weighted by Crippen LogP contribution is -2.29. The monoisotopic (exact) mass is 339 g/mol. The fraction of sp³-hybridized carbons (Fsp3) is 0.250. The van der Waals surface area contributed by atoms with E-state index in [1.165, 1.54) is 42.8 Å². The van der Waals surface area contributed by atoms with E-state index in [1.54, 1.807) is 18.2 Å². The van der Waals surface area contributed by atoms with Gasteiger partial charge in [0, 0.05) is 6.07 Å². The molecule has 0 aliphatic carbocycles. The second-order valence-corrected chi connectivity index (χ2v) is 6.87. The highest BCUT2D eigenvalue weighted by Gasteiger charge is 2.18. The number of sulfonamides is 1. The van der Waals surface area contributed by atoms with E-state index in [1.807, 2.05) is 0 Å². The summed E-state index contributed by atoms with van der Waals surface area (Å²) in [5, 5.41) is 0. The summed E-state index contributed by atoms with van der Waals surface area (Å²) in [6, 6.07) is 10.4. The van der Waals surface area contributed by atoms with E-state index in [9.17, 15) is 12.8 Å². The van der Waals surface area contributed by atoms with Crippen molar-refractivity contribution in [1.29, 1.82) is 0 Å². The molecule has 0 saturated carbocycles. The van der Waals surface area contributed by atoms with E-state index in [4.69, 9.17) is 9.47 Å². The van der Waals surface area contributed by atoms with Crippen LogP contribution in [0.3, 0.4) is 0 Å². The van der Waals surface area contributed by atoms with Crippen LogP contribution in [0.25, 0.3) is 0 Å². The predicted molar refractivity (Wildman–Crippen MR) is 87.0 cm³/mol. The van der Waals surface area contributed by atoms with Crippen LogP contribution in [0.5, 0.6) is 11.5 Å². The molecule has 7 heteroatoms. The molecule has 0 amide bonds. The third-order valence-corrected chi connectivity index (χ3v) is 4.39. The fourth-order valence-electron chi connectivity index (χ4n) is 2.13. The lowest BCUT2D eigenvalue weighted by Gasteiger charge is -2.23. The number of rotatable bonds is 6. The molecule has 0 N–H and O–H groups in total. The Morgan fingerprint density at radius 1 is 1.00 bits per heavy atom. The van der Waals surface area contributed by atoms with Gasteiger partial charge in [-0.1, -0.05) is 0 Å². The average molecular weight is 339 g/mol. The van der Waals surface area contributed by atoms with Gasteiger partial charge in [0.1, 0.15) is 17.3 Å². The molecule has 0 aliphatic heterocycles. The number of ether oxygens (including phenoxy) is 2. The van der Waals surface area contributed by atoms with E-state index in [0.717, 1.165) is 6.26 Å². The maximum Gasteiger partial charge on any atom is 0.232 e. The zero-order valence-corrected chi connectivity index (χ0v) is 13.9. The van der Waals surface area contributed by atoms with Crippen LogP contribution in [-0.4, -0.2) is 28.9 Å². The van der Waals surface area contributed by atoms with Crippen molar-refractivity contribution in [3.05, 3.63) is 53.8 Å². The third-order valence-electron chi connectivity index (χ3n) is 3.25. The molecule has 0 spiro atoms. The van der Waals surface area contributed by atoms with Crippen LogP contribution < -0.4 is 13.8 Å². The zero-order chi connectivity index (χ0) is 17.0. The maximum atomic E-state index is 13.1. The standard InChI is InChI=1S/C16H18FNO4S/c1-21-15-8-12(9-16(10-15)22-2)11-18(23(3,19)20)14-6-4-13(17)5-7-14/h4-10H,11H2,1-3H3. The molecule has 0 atom stereocenters. The second-order valence-electron chi connectivity index (χ2n) is 4.97. The SMILES string of the molecule is COc1cc(CN(c2ccc(F)cc2)S(C)(=O)=O)cc(OC)c1. The Morgan fingerprint density at radius 3 is 1.96 bits per heavy atom. The van der Waals surface area contributed by atoms with Crippen LogP contribution in [0, 0.1) is 5.82 Å². The lowest BCUT2D eigenvalue weighted by molar-refractivity contribution is 0.393. The molecule has 0 saturated heterocycles. The number of hydrogen-bond acceptors (Lipinski definition) is 4. The predicted octanol–water partition coefficient (Wildman–Crippen LogP) is 2.81. The molecule has 5 nitrogen and oxygen atoms in total. The van der Waals surface area contributed by atoms with Crippen molar-refractivity contribution in [3.63, 3.8) is 0 Å². The number of benzene rings is 2. The molecule has 2 rings (SSSR count). The average Bonchev–Trinajstić information content (AvgIpc) is 2.52. The largest absolute Gasteiger partial charge is 0.497 e. The molecular weight excluding hydrogens is 321 g/mol. The normalized spacial score (nSPS) is 11.1. The first-order valence-corrected chi connectivity index (χ1v) is 8.63. The first-order chi connectivity index (χ1) is 10.8. The summed E-state index contributed by atoms with van der Waals surface area (Å²) in [6.07, 6.45) is 1.10. The van der Waals surface area contributed by atoms with Gasteiger partial charge in [0.2, 0.25) is 10.0 Å². The summed E-state index contributed by atoms with van der Waals surface area (Å²) >= 11 is 0. The zero-order valence-electron chi connectivity index (χ0n) is 13.1. The van der Waals surface area contributed by atoms with E-state index in [0.29, 0.717) is 22.7 Å². The van der Waals surface area contributed by atoms with E-state index in [2.05, 4.69) is 0 Å². The highest BCUT2D eigenvalue weighted by atomic mass is 32.2.